The van der Waals surface area contributed by atoms with Gasteiger partial charge in [-0.05, 0) is 0 Å². The molecule has 0 heterocycles. The van der Waals surface area contributed by atoms with Crippen LogP contribution < -0.4 is 4.74 Å². The van der Waals surface area contributed by atoms with Gasteiger partial charge >= 0.3 is 12.2 Å². The lowest BCUT2D eigenvalue weighted by Crippen LogP contribution is -2.26. The summed E-state index contributed by atoms with van der Waals surface area (Å²) < 4.78 is 102. The van der Waals surface area contributed by atoms with Gasteiger partial charge in [-0.2, -0.15) is 22.0 Å². The van der Waals surface area contributed by atoms with Crippen molar-refractivity contribution in [3.8, 4) is 5.75 Å². The summed E-state index contributed by atoms with van der Waals surface area (Å²) >= 11 is 0. The minimum atomic E-state index is -5.13. The zero-order chi connectivity index (χ0) is 14.1. The fourth-order valence-electron chi connectivity index (χ4n) is 0.894. The summed E-state index contributed by atoms with van der Waals surface area (Å²) in [6.45, 7) is 0. The second kappa shape index (κ2) is 4.83. The maximum Gasteiger partial charge on any atom is 0.459 e. The van der Waals surface area contributed by atoms with Crippen LogP contribution in [0.2, 0.25) is 0 Å². The molecular formula is C9H2F8O. The van der Waals surface area contributed by atoms with Crippen LogP contribution in [-0.2, 0) is 0 Å². The van der Waals surface area contributed by atoms with Gasteiger partial charge in [-0.3, -0.25) is 0 Å². The van der Waals surface area contributed by atoms with E-state index in [2.05, 4.69) is 4.74 Å². The molecule has 0 saturated carbocycles. The molecule has 0 saturated heterocycles. The van der Waals surface area contributed by atoms with E-state index in [1.165, 1.54) is 0 Å². The molecule has 0 radical (unpaired) electrons. The highest BCUT2D eigenvalue weighted by Gasteiger charge is 2.42. The second-order valence-corrected chi connectivity index (χ2v) is 2.89. The summed E-state index contributed by atoms with van der Waals surface area (Å²) in [5, 5.41) is 0. The van der Waals surface area contributed by atoms with E-state index >= 15 is 0 Å². The second-order valence-electron chi connectivity index (χ2n) is 2.89. The van der Waals surface area contributed by atoms with Crippen molar-refractivity contribution in [2.75, 3.05) is 0 Å². The molecule has 0 aliphatic carbocycles. The lowest BCUT2D eigenvalue weighted by atomic mass is 10.3. The highest BCUT2D eigenvalue weighted by molar-refractivity contribution is 5.26. The molecule has 0 atom stereocenters. The van der Waals surface area contributed by atoms with Gasteiger partial charge in [-0.1, -0.05) is 0 Å². The molecule has 0 N–H and O–H groups in total. The Morgan fingerprint density at radius 3 is 1.78 bits per heavy atom. The smallest absolute Gasteiger partial charge is 0.427 e. The van der Waals surface area contributed by atoms with E-state index in [0.717, 1.165) is 0 Å². The normalized spacial score (nSPS) is 11.3. The first-order valence-electron chi connectivity index (χ1n) is 4.07. The van der Waals surface area contributed by atoms with Crippen molar-refractivity contribution in [1.29, 1.82) is 0 Å². The fraction of sp³-hybridized carbons (Fsp3) is 0.111. The maximum atomic E-state index is 12.6. The number of rotatable bonds is 3. The average Bonchev–Trinajstić information content (AvgIpc) is 2.23. The number of benzene rings is 1. The number of hydrogen-bond donors (Lipinski definition) is 0. The molecule has 0 bridgehead atoms. The zero-order valence-corrected chi connectivity index (χ0v) is 8.09. The maximum absolute atomic E-state index is 12.6. The van der Waals surface area contributed by atoms with Crippen LogP contribution in [0.4, 0.5) is 35.1 Å². The molecule has 0 amide bonds. The number of ether oxygens (including phenoxy) is 1. The van der Waals surface area contributed by atoms with Crippen LogP contribution in [0.25, 0.3) is 0 Å². The first-order chi connectivity index (χ1) is 8.15. The summed E-state index contributed by atoms with van der Waals surface area (Å²) in [4.78, 5) is 0. The van der Waals surface area contributed by atoms with Crippen LogP contribution in [0.5, 0.6) is 5.75 Å². The summed E-state index contributed by atoms with van der Waals surface area (Å²) in [5.74, 6) is -10.3. The summed E-state index contributed by atoms with van der Waals surface area (Å²) in [6.07, 6.45) is -8.49. The van der Waals surface area contributed by atoms with Gasteiger partial charge in [0, 0.05) is 12.1 Å². The van der Waals surface area contributed by atoms with E-state index < -0.39 is 41.2 Å². The molecule has 0 aliphatic heterocycles. The van der Waals surface area contributed by atoms with Gasteiger partial charge < -0.3 is 4.74 Å². The van der Waals surface area contributed by atoms with E-state index in [-0.39, 0.29) is 12.1 Å². The van der Waals surface area contributed by atoms with Crippen molar-refractivity contribution in [2.45, 2.75) is 6.11 Å². The van der Waals surface area contributed by atoms with Crippen molar-refractivity contribution in [3.63, 3.8) is 0 Å². The molecule has 0 unspecified atom stereocenters. The Bertz CT molecular complexity index is 468. The fourth-order valence-corrected chi connectivity index (χ4v) is 0.894. The molecule has 9 heteroatoms. The Morgan fingerprint density at radius 2 is 1.39 bits per heavy atom. The Morgan fingerprint density at radius 1 is 0.944 bits per heavy atom. The predicted octanol–water partition coefficient (Wildman–Crippen LogP) is 4.15. The molecule has 0 aliphatic rings. The van der Waals surface area contributed by atoms with E-state index in [1.807, 2.05) is 0 Å². The summed E-state index contributed by atoms with van der Waals surface area (Å²) in [6, 6.07) is -0.0918. The third kappa shape index (κ3) is 2.90. The van der Waals surface area contributed by atoms with Gasteiger partial charge in [0.2, 0.25) is 0 Å². The van der Waals surface area contributed by atoms with E-state index in [1.54, 1.807) is 0 Å². The van der Waals surface area contributed by atoms with E-state index in [0.29, 0.717) is 0 Å². The topological polar surface area (TPSA) is 9.23 Å². The van der Waals surface area contributed by atoms with Crippen LogP contribution in [0.3, 0.4) is 0 Å². The van der Waals surface area contributed by atoms with Crippen LogP contribution in [0, 0.1) is 17.5 Å². The Kier molecular flexibility index (Phi) is 3.82. The minimum absolute atomic E-state index is 0.0459. The SMILES string of the molecule is FC(F)=C(F)C(F)(F)Oc1cc(F)c(F)c(F)c1. The third-order valence-electron chi connectivity index (χ3n) is 1.62. The molecule has 18 heavy (non-hydrogen) atoms. The van der Waals surface area contributed by atoms with Crippen LogP contribution >= 0.6 is 0 Å². The van der Waals surface area contributed by atoms with Crippen molar-refractivity contribution in [3.05, 3.63) is 41.5 Å². The summed E-state index contributed by atoms with van der Waals surface area (Å²) in [7, 11) is 0. The van der Waals surface area contributed by atoms with Gasteiger partial charge in [0.1, 0.15) is 5.75 Å². The van der Waals surface area contributed by atoms with Crippen molar-refractivity contribution >= 4 is 0 Å². The van der Waals surface area contributed by atoms with Crippen LogP contribution in [0.15, 0.2) is 24.0 Å². The Balaban J connectivity index is 3.09. The molecular weight excluding hydrogens is 276 g/mol. The molecule has 100 valence electrons. The highest BCUT2D eigenvalue weighted by atomic mass is 19.3. The van der Waals surface area contributed by atoms with Crippen LogP contribution in [-0.4, -0.2) is 6.11 Å². The monoisotopic (exact) mass is 278 g/mol. The first kappa shape index (κ1) is 14.3. The molecule has 1 rings (SSSR count). The molecule has 1 nitrogen and oxygen atoms in total. The van der Waals surface area contributed by atoms with Crippen molar-refractivity contribution in [2.24, 2.45) is 0 Å². The molecule has 0 fully saturated rings. The van der Waals surface area contributed by atoms with Gasteiger partial charge in [-0.25, -0.2) is 13.2 Å². The third-order valence-corrected chi connectivity index (χ3v) is 1.62. The zero-order valence-electron chi connectivity index (χ0n) is 8.09. The largest absolute Gasteiger partial charge is 0.459 e. The Hall–Kier alpha value is -1.80. The van der Waals surface area contributed by atoms with Crippen molar-refractivity contribution in [1.82, 2.24) is 0 Å². The number of halogens is 8. The van der Waals surface area contributed by atoms with E-state index in [9.17, 15) is 35.1 Å². The van der Waals surface area contributed by atoms with Crippen LogP contribution in [0.1, 0.15) is 0 Å². The highest BCUT2D eigenvalue weighted by Crippen LogP contribution is 2.33. The van der Waals surface area contributed by atoms with Gasteiger partial charge in [-0.15, -0.1) is 0 Å². The number of alkyl halides is 2. The van der Waals surface area contributed by atoms with E-state index in [4.69, 9.17) is 0 Å². The summed E-state index contributed by atoms with van der Waals surface area (Å²) in [5.41, 5.74) is 0. The minimum Gasteiger partial charge on any atom is -0.427 e. The predicted molar refractivity (Wildman–Crippen MR) is 42.2 cm³/mol. The molecule has 0 aromatic heterocycles. The van der Waals surface area contributed by atoms with Gasteiger partial charge in [0.15, 0.2) is 17.5 Å². The quantitative estimate of drug-likeness (QED) is 0.596. The standard InChI is InChI=1S/C9H2F8O/c10-4-1-3(2-5(11)6(4)12)18-9(16,17)7(13)8(14)15/h1-2H. The first-order valence-corrected chi connectivity index (χ1v) is 4.07. The van der Waals surface area contributed by atoms with Crippen molar-refractivity contribution < 1.29 is 39.9 Å². The molecule has 1 aromatic rings. The lowest BCUT2D eigenvalue weighted by molar-refractivity contribution is -0.160. The molecule has 0 spiro atoms. The average molecular weight is 278 g/mol. The Labute approximate surface area is 94.3 Å². The van der Waals surface area contributed by atoms with Gasteiger partial charge in [0.25, 0.3) is 5.83 Å². The van der Waals surface area contributed by atoms with Gasteiger partial charge in [0.05, 0.1) is 0 Å². The molecule has 1 aromatic carbocycles. The number of hydrogen-bond acceptors (Lipinski definition) is 1. The lowest BCUT2D eigenvalue weighted by Gasteiger charge is -2.15.